The Morgan fingerprint density at radius 2 is 1.85 bits per heavy atom. The molecule has 0 aromatic heterocycles. The first-order chi connectivity index (χ1) is 25.6. The van der Waals surface area contributed by atoms with E-state index in [1.54, 1.807) is 43.5 Å². The third-order valence-corrected chi connectivity index (χ3v) is 11.9. The number of halogens is 1. The molecule has 2 saturated carbocycles. The maximum atomic E-state index is 14.5. The molecule has 3 heterocycles. The summed E-state index contributed by atoms with van der Waals surface area (Å²) in [6.45, 7) is 0.148. The van der Waals surface area contributed by atoms with Crippen molar-refractivity contribution in [3.8, 4) is 5.75 Å². The summed E-state index contributed by atoms with van der Waals surface area (Å²) >= 11 is 1.38. The third kappa shape index (κ3) is 8.47. The zero-order valence-corrected chi connectivity index (χ0v) is 30.6. The van der Waals surface area contributed by atoms with Crippen LogP contribution in [0.4, 0.5) is 9.18 Å². The summed E-state index contributed by atoms with van der Waals surface area (Å²) in [4.78, 5) is 71.9. The second kappa shape index (κ2) is 15.8. The van der Waals surface area contributed by atoms with Crippen molar-refractivity contribution in [1.82, 2.24) is 25.2 Å². The Hall–Kier alpha value is -4.59. The normalized spacial score (nSPS) is 27.6. The molecule has 1 unspecified atom stereocenters. The number of methoxy groups -OCH3 is 1. The van der Waals surface area contributed by atoms with Gasteiger partial charge in [0.25, 0.3) is 5.91 Å². The highest BCUT2D eigenvalue weighted by atomic mass is 32.2. The Morgan fingerprint density at radius 3 is 2.60 bits per heavy atom. The summed E-state index contributed by atoms with van der Waals surface area (Å²) in [7, 11) is 1.56. The van der Waals surface area contributed by atoms with E-state index in [2.05, 4.69) is 21.4 Å². The summed E-state index contributed by atoms with van der Waals surface area (Å²) in [5.41, 5.74) is 0.718. The summed E-state index contributed by atoms with van der Waals surface area (Å²) in [6.07, 6.45) is 8.55. The van der Waals surface area contributed by atoms with Gasteiger partial charge in [-0.05, 0) is 79.8 Å². The largest absolute Gasteiger partial charge is 0.497 e. The van der Waals surface area contributed by atoms with Crippen molar-refractivity contribution in [3.63, 3.8) is 0 Å². The minimum atomic E-state index is -1.16. The van der Waals surface area contributed by atoms with Crippen LogP contribution < -0.4 is 20.1 Å². The Labute approximate surface area is 312 Å². The van der Waals surface area contributed by atoms with Crippen molar-refractivity contribution in [3.05, 3.63) is 77.1 Å². The molecule has 3 aliphatic heterocycles. The van der Waals surface area contributed by atoms with Gasteiger partial charge in [0.2, 0.25) is 17.7 Å². The molecule has 3 N–H and O–H groups in total. The van der Waals surface area contributed by atoms with E-state index in [0.717, 1.165) is 37.7 Å². The van der Waals surface area contributed by atoms with E-state index in [-0.39, 0.29) is 50.2 Å². The Kier molecular flexibility index (Phi) is 11.0. The van der Waals surface area contributed by atoms with Gasteiger partial charge in [-0.1, -0.05) is 49.3 Å². The number of carbonyl (C=O) groups excluding carboxylic acids is 5. The van der Waals surface area contributed by atoms with Gasteiger partial charge in [0.15, 0.2) is 0 Å². The van der Waals surface area contributed by atoms with Gasteiger partial charge >= 0.3 is 6.09 Å². The van der Waals surface area contributed by atoms with E-state index in [0.29, 0.717) is 41.4 Å². The van der Waals surface area contributed by atoms with Crippen LogP contribution in [0.3, 0.4) is 0 Å². The lowest BCUT2D eigenvalue weighted by Gasteiger charge is -2.30. The van der Waals surface area contributed by atoms with E-state index in [4.69, 9.17) is 9.47 Å². The molecule has 2 aromatic rings. The molecule has 2 aliphatic carbocycles. The minimum absolute atomic E-state index is 0.00000657. The summed E-state index contributed by atoms with van der Waals surface area (Å²) in [5.74, 6) is -1.52. The fourth-order valence-corrected chi connectivity index (χ4v) is 8.31. The Morgan fingerprint density at radius 1 is 1.04 bits per heavy atom. The molecule has 0 spiro atoms. The van der Waals surface area contributed by atoms with E-state index >= 15 is 0 Å². The smallest absolute Gasteiger partial charge is 0.410 e. The lowest BCUT2D eigenvalue weighted by molar-refractivity contribution is -0.142. The van der Waals surface area contributed by atoms with Crippen LogP contribution in [0.2, 0.25) is 0 Å². The fourth-order valence-electron chi connectivity index (χ4n) is 7.48. The molecule has 5 amide bonds. The maximum absolute atomic E-state index is 14.5. The van der Waals surface area contributed by atoms with Crippen LogP contribution in [0.1, 0.15) is 74.5 Å². The van der Waals surface area contributed by atoms with Crippen LogP contribution >= 0.6 is 11.9 Å². The molecule has 2 aromatic carbocycles. The van der Waals surface area contributed by atoms with Crippen LogP contribution in [0, 0.1) is 11.7 Å². The highest BCUT2D eigenvalue weighted by molar-refractivity contribution is 7.98. The SMILES string of the molecule is COc1ccc(CC(=O)N[C@H]2CCCCC/C=C\[C@@H]3C[C@@]3(C(=O)NSC3CC3)NC(=O)C3C[C@@H](OC(=O)N4Cc5cccc(F)c5C4)CN3C2=O)cc1. The molecule has 12 nitrogen and oxygen atoms in total. The maximum Gasteiger partial charge on any atom is 0.410 e. The molecule has 53 heavy (non-hydrogen) atoms. The van der Waals surface area contributed by atoms with Crippen LogP contribution in [0.15, 0.2) is 54.6 Å². The molecule has 0 bridgehead atoms. The molecule has 5 aliphatic rings. The molecule has 282 valence electrons. The summed E-state index contributed by atoms with van der Waals surface area (Å²) in [6, 6.07) is 9.83. The molecule has 3 fully saturated rings. The van der Waals surface area contributed by atoms with Crippen molar-refractivity contribution in [2.75, 3.05) is 13.7 Å². The molecule has 0 radical (unpaired) electrons. The number of hydrogen-bond donors (Lipinski definition) is 3. The van der Waals surface area contributed by atoms with Gasteiger partial charge in [0, 0.05) is 29.7 Å². The highest BCUT2D eigenvalue weighted by Crippen LogP contribution is 2.46. The van der Waals surface area contributed by atoms with Crippen molar-refractivity contribution >= 4 is 41.7 Å². The van der Waals surface area contributed by atoms with Gasteiger partial charge in [0.05, 0.1) is 26.6 Å². The van der Waals surface area contributed by atoms with Crippen molar-refractivity contribution in [1.29, 1.82) is 0 Å². The van der Waals surface area contributed by atoms with Gasteiger partial charge in [-0.15, -0.1) is 0 Å². The molecule has 14 heteroatoms. The average Bonchev–Trinajstić information content (AvgIpc) is 4.01. The summed E-state index contributed by atoms with van der Waals surface area (Å²) in [5, 5.41) is 6.32. The number of allylic oxidation sites excluding steroid dienone is 1. The van der Waals surface area contributed by atoms with Crippen molar-refractivity contribution in [2.45, 2.75) is 106 Å². The quantitative estimate of drug-likeness (QED) is 0.268. The van der Waals surface area contributed by atoms with E-state index in [1.165, 1.54) is 27.8 Å². The standard InChI is InChI=1S/C39H46FN5O7S/c1-51-27-14-12-24(13-15-27)18-34(46)41-32-11-6-4-2-3-5-9-26-20-39(26,37(49)43-53-29-16-17-29)42-35(47)33-19-28(22-45(33)36(32)48)52-38(50)44-21-25-8-7-10-31(40)30(25)23-44/h5,7-10,12-15,26,28-29,32-33H,2-4,6,11,16-23H2,1H3,(H,41,46)(H,42,47)(H,43,49)/b9-5-/t26-,28-,32+,33?,39-/m1/s1. The summed E-state index contributed by atoms with van der Waals surface area (Å²) < 4.78 is 28.5. The average molecular weight is 748 g/mol. The Bertz CT molecular complexity index is 1770. The first-order valence-corrected chi connectivity index (χ1v) is 19.4. The predicted molar refractivity (Wildman–Crippen MR) is 195 cm³/mol. The van der Waals surface area contributed by atoms with Crippen molar-refractivity contribution in [2.24, 2.45) is 5.92 Å². The molecule has 5 atom stereocenters. The zero-order valence-electron chi connectivity index (χ0n) is 29.8. The fraction of sp³-hybridized carbons (Fsp3) is 0.513. The van der Waals surface area contributed by atoms with Crippen LogP contribution in [-0.4, -0.2) is 82.2 Å². The van der Waals surface area contributed by atoms with Crippen LogP contribution in [0.5, 0.6) is 5.75 Å². The first-order valence-electron chi connectivity index (χ1n) is 18.5. The zero-order chi connectivity index (χ0) is 37.1. The van der Waals surface area contributed by atoms with Crippen LogP contribution in [0.25, 0.3) is 0 Å². The third-order valence-electron chi connectivity index (χ3n) is 10.8. The number of hydrogen-bond acceptors (Lipinski definition) is 8. The topological polar surface area (TPSA) is 146 Å². The second-order valence-corrected chi connectivity index (χ2v) is 15.8. The molecular weight excluding hydrogens is 702 g/mol. The van der Waals surface area contributed by atoms with Crippen LogP contribution in [-0.2, 0) is 43.4 Å². The number of nitrogens with zero attached hydrogens (tertiary/aromatic N) is 2. The second-order valence-electron chi connectivity index (χ2n) is 14.7. The minimum Gasteiger partial charge on any atom is -0.497 e. The Balaban J connectivity index is 1.11. The van der Waals surface area contributed by atoms with E-state index in [9.17, 15) is 28.4 Å². The highest BCUT2D eigenvalue weighted by Gasteiger charge is 2.61. The molecule has 7 rings (SSSR count). The first kappa shape index (κ1) is 36.8. The van der Waals surface area contributed by atoms with Crippen molar-refractivity contribution < 1.29 is 37.8 Å². The number of rotatable bonds is 8. The van der Waals surface area contributed by atoms with Gasteiger partial charge in [0.1, 0.15) is 35.3 Å². The number of benzene rings is 2. The lowest BCUT2D eigenvalue weighted by atomic mass is 10.0. The number of amides is 5. The molecule has 1 saturated heterocycles. The van der Waals surface area contributed by atoms with Gasteiger partial charge in [-0.3, -0.25) is 28.8 Å². The van der Waals surface area contributed by atoms with Gasteiger partial charge in [-0.2, -0.15) is 0 Å². The lowest BCUT2D eigenvalue weighted by Crippen LogP contribution is -2.57. The van der Waals surface area contributed by atoms with E-state index < -0.39 is 47.5 Å². The number of nitrogens with one attached hydrogen (secondary N) is 3. The number of fused-ring (bicyclic) bond motifs is 3. The van der Waals surface area contributed by atoms with Gasteiger partial charge in [-0.25, -0.2) is 9.18 Å². The number of ether oxygens (including phenoxy) is 2. The predicted octanol–water partition coefficient (Wildman–Crippen LogP) is 4.31. The van der Waals surface area contributed by atoms with E-state index in [1.807, 2.05) is 6.08 Å². The molecular formula is C39H46FN5O7S. The monoisotopic (exact) mass is 747 g/mol. The number of carbonyl (C=O) groups is 5. The van der Waals surface area contributed by atoms with Gasteiger partial charge < -0.3 is 25.0 Å².